The number of fused-ring (bicyclic) bond motifs is 1. The van der Waals surface area contributed by atoms with Crippen LogP contribution in [0, 0.1) is 0 Å². The summed E-state index contributed by atoms with van der Waals surface area (Å²) in [5.74, 6) is 1.10. The number of thiophene rings is 1. The standard InChI is InChI=1S/C15H12F3N3OS2/c16-15(17,18)8-22-10-3-1-2-9(6-10)7-24-14-20-12(19)11-4-5-23-13(11)21-14/h1-6H,7-8H2,(H2,19,20,21). The van der Waals surface area contributed by atoms with Gasteiger partial charge in [-0.1, -0.05) is 23.9 Å². The van der Waals surface area contributed by atoms with E-state index in [1.54, 1.807) is 18.2 Å². The van der Waals surface area contributed by atoms with Gasteiger partial charge in [0.25, 0.3) is 0 Å². The summed E-state index contributed by atoms with van der Waals surface area (Å²) < 4.78 is 41.3. The van der Waals surface area contributed by atoms with Gasteiger partial charge in [0, 0.05) is 5.75 Å². The van der Waals surface area contributed by atoms with Gasteiger partial charge in [-0.3, -0.25) is 0 Å². The lowest BCUT2D eigenvalue weighted by atomic mass is 10.2. The molecule has 0 aliphatic rings. The van der Waals surface area contributed by atoms with Gasteiger partial charge in [0.1, 0.15) is 16.4 Å². The van der Waals surface area contributed by atoms with Crippen molar-refractivity contribution in [1.29, 1.82) is 0 Å². The first-order valence-electron chi connectivity index (χ1n) is 6.83. The fourth-order valence-corrected chi connectivity index (χ4v) is 3.58. The molecule has 1 aromatic carbocycles. The first-order valence-corrected chi connectivity index (χ1v) is 8.69. The van der Waals surface area contributed by atoms with Gasteiger partial charge in [0.15, 0.2) is 11.8 Å². The second kappa shape index (κ2) is 6.86. The van der Waals surface area contributed by atoms with Crippen LogP contribution in [0.15, 0.2) is 40.9 Å². The van der Waals surface area contributed by atoms with Crippen molar-refractivity contribution in [2.75, 3.05) is 12.3 Å². The molecule has 4 nitrogen and oxygen atoms in total. The van der Waals surface area contributed by atoms with Crippen LogP contribution in [0.4, 0.5) is 19.0 Å². The fourth-order valence-electron chi connectivity index (χ4n) is 1.96. The highest BCUT2D eigenvalue weighted by Gasteiger charge is 2.28. The molecule has 3 rings (SSSR count). The third-order valence-corrected chi connectivity index (χ3v) is 4.73. The van der Waals surface area contributed by atoms with Crippen LogP contribution in [0.2, 0.25) is 0 Å². The smallest absolute Gasteiger partial charge is 0.422 e. The number of aromatic nitrogens is 2. The Morgan fingerprint density at radius 3 is 2.83 bits per heavy atom. The molecule has 24 heavy (non-hydrogen) atoms. The Bertz CT molecular complexity index is 851. The number of halogens is 3. The molecule has 126 valence electrons. The van der Waals surface area contributed by atoms with Gasteiger partial charge in [-0.15, -0.1) is 11.3 Å². The SMILES string of the molecule is Nc1nc(SCc2cccc(OCC(F)(F)F)c2)nc2sccc12. The van der Waals surface area contributed by atoms with E-state index in [0.717, 1.165) is 15.8 Å². The van der Waals surface area contributed by atoms with E-state index in [2.05, 4.69) is 9.97 Å². The summed E-state index contributed by atoms with van der Waals surface area (Å²) in [5.41, 5.74) is 6.70. The lowest BCUT2D eigenvalue weighted by molar-refractivity contribution is -0.153. The maximum absolute atomic E-state index is 12.2. The molecule has 0 saturated carbocycles. The minimum Gasteiger partial charge on any atom is -0.484 e. The minimum absolute atomic E-state index is 0.180. The number of alkyl halides is 3. The molecular weight excluding hydrogens is 359 g/mol. The number of rotatable bonds is 5. The molecule has 0 bridgehead atoms. The van der Waals surface area contributed by atoms with Gasteiger partial charge in [-0.05, 0) is 29.1 Å². The maximum Gasteiger partial charge on any atom is 0.422 e. The summed E-state index contributed by atoms with van der Waals surface area (Å²) in [4.78, 5) is 9.46. The van der Waals surface area contributed by atoms with Crippen LogP contribution >= 0.6 is 23.1 Å². The van der Waals surface area contributed by atoms with E-state index in [1.165, 1.54) is 29.2 Å². The number of ether oxygens (including phenoxy) is 1. The van der Waals surface area contributed by atoms with Crippen LogP contribution in [-0.4, -0.2) is 22.8 Å². The van der Waals surface area contributed by atoms with E-state index in [1.807, 2.05) is 11.4 Å². The molecule has 0 radical (unpaired) electrons. The summed E-state index contributed by atoms with van der Waals surface area (Å²) in [6.07, 6.45) is -4.35. The Labute approximate surface area is 143 Å². The second-order valence-corrected chi connectivity index (χ2v) is 6.71. The number of nitrogen functional groups attached to an aromatic ring is 1. The van der Waals surface area contributed by atoms with Crippen molar-refractivity contribution in [3.05, 3.63) is 41.3 Å². The van der Waals surface area contributed by atoms with E-state index >= 15 is 0 Å². The highest BCUT2D eigenvalue weighted by Crippen LogP contribution is 2.28. The van der Waals surface area contributed by atoms with Crippen molar-refractivity contribution in [1.82, 2.24) is 9.97 Å². The summed E-state index contributed by atoms with van der Waals surface area (Å²) >= 11 is 2.84. The van der Waals surface area contributed by atoms with E-state index in [4.69, 9.17) is 10.5 Å². The lowest BCUT2D eigenvalue weighted by Gasteiger charge is -2.10. The molecule has 0 unspecified atom stereocenters. The van der Waals surface area contributed by atoms with Crippen LogP contribution in [0.5, 0.6) is 5.75 Å². The van der Waals surface area contributed by atoms with Crippen LogP contribution < -0.4 is 10.5 Å². The number of thioether (sulfide) groups is 1. The summed E-state index contributed by atoms with van der Waals surface area (Å²) in [5, 5.41) is 3.25. The number of anilines is 1. The summed E-state index contributed by atoms with van der Waals surface area (Å²) in [6.45, 7) is -1.31. The molecule has 0 spiro atoms. The van der Waals surface area contributed by atoms with Crippen molar-refractivity contribution in [3.63, 3.8) is 0 Å². The first kappa shape index (κ1) is 16.8. The molecule has 0 fully saturated rings. The number of hydrogen-bond acceptors (Lipinski definition) is 6. The molecule has 0 aliphatic carbocycles. The zero-order chi connectivity index (χ0) is 17.2. The van der Waals surface area contributed by atoms with Crippen LogP contribution in [0.1, 0.15) is 5.56 Å². The Balaban J connectivity index is 1.67. The minimum atomic E-state index is -4.35. The molecule has 0 saturated heterocycles. The van der Waals surface area contributed by atoms with Crippen LogP contribution in [-0.2, 0) is 5.75 Å². The maximum atomic E-state index is 12.2. The Kier molecular flexibility index (Phi) is 4.81. The predicted molar refractivity (Wildman–Crippen MR) is 89.4 cm³/mol. The van der Waals surface area contributed by atoms with Crippen LogP contribution in [0.25, 0.3) is 10.2 Å². The normalized spacial score (nSPS) is 11.8. The van der Waals surface area contributed by atoms with Crippen molar-refractivity contribution in [2.45, 2.75) is 17.1 Å². The highest BCUT2D eigenvalue weighted by molar-refractivity contribution is 7.98. The first-order chi connectivity index (χ1) is 11.4. The number of hydrogen-bond donors (Lipinski definition) is 1. The van der Waals surface area contributed by atoms with Crippen molar-refractivity contribution >= 4 is 39.1 Å². The van der Waals surface area contributed by atoms with Crippen molar-refractivity contribution in [2.24, 2.45) is 0 Å². The molecule has 3 aromatic rings. The average molecular weight is 371 g/mol. The van der Waals surface area contributed by atoms with E-state index < -0.39 is 12.8 Å². The van der Waals surface area contributed by atoms with Gasteiger partial charge >= 0.3 is 6.18 Å². The van der Waals surface area contributed by atoms with Crippen molar-refractivity contribution in [3.8, 4) is 5.75 Å². The average Bonchev–Trinajstić information content (AvgIpc) is 3.00. The fraction of sp³-hybridized carbons (Fsp3) is 0.200. The largest absolute Gasteiger partial charge is 0.484 e. The van der Waals surface area contributed by atoms with E-state index in [-0.39, 0.29) is 5.75 Å². The zero-order valence-corrected chi connectivity index (χ0v) is 13.8. The third kappa shape index (κ3) is 4.30. The second-order valence-electron chi connectivity index (χ2n) is 4.87. The molecule has 0 aliphatic heterocycles. The zero-order valence-electron chi connectivity index (χ0n) is 12.2. The molecule has 0 atom stereocenters. The Hall–Kier alpha value is -2.00. The van der Waals surface area contributed by atoms with Gasteiger partial charge < -0.3 is 10.5 Å². The quantitative estimate of drug-likeness (QED) is 0.528. The van der Waals surface area contributed by atoms with E-state index in [0.29, 0.717) is 16.7 Å². The summed E-state index contributed by atoms with van der Waals surface area (Å²) in [7, 11) is 0. The lowest BCUT2D eigenvalue weighted by Crippen LogP contribution is -2.19. The van der Waals surface area contributed by atoms with Crippen LogP contribution in [0.3, 0.4) is 0 Å². The predicted octanol–water partition coefficient (Wildman–Crippen LogP) is 4.51. The van der Waals surface area contributed by atoms with Gasteiger partial charge in [0.2, 0.25) is 0 Å². The monoisotopic (exact) mass is 371 g/mol. The number of nitrogens with two attached hydrogens (primary N) is 1. The van der Waals surface area contributed by atoms with Gasteiger partial charge in [0.05, 0.1) is 5.39 Å². The Morgan fingerprint density at radius 1 is 1.21 bits per heavy atom. The van der Waals surface area contributed by atoms with Crippen molar-refractivity contribution < 1.29 is 17.9 Å². The Morgan fingerprint density at radius 2 is 2.04 bits per heavy atom. The molecule has 0 amide bonds. The molecule has 2 aromatic heterocycles. The third-order valence-electron chi connectivity index (χ3n) is 3.00. The summed E-state index contributed by atoms with van der Waals surface area (Å²) in [6, 6.07) is 8.39. The van der Waals surface area contributed by atoms with Gasteiger partial charge in [-0.2, -0.15) is 13.2 Å². The number of nitrogens with zero attached hydrogens (tertiary/aromatic N) is 2. The van der Waals surface area contributed by atoms with E-state index in [9.17, 15) is 13.2 Å². The molecular formula is C15H12F3N3OS2. The molecule has 2 heterocycles. The van der Waals surface area contributed by atoms with Gasteiger partial charge in [-0.25, -0.2) is 9.97 Å². The topological polar surface area (TPSA) is 61.0 Å². The molecule has 2 N–H and O–H groups in total. The number of benzene rings is 1. The highest BCUT2D eigenvalue weighted by atomic mass is 32.2. The molecule has 9 heteroatoms.